The van der Waals surface area contributed by atoms with Gasteiger partial charge in [-0.2, -0.15) is 0 Å². The lowest BCUT2D eigenvalue weighted by atomic mass is 9.94. The van der Waals surface area contributed by atoms with Crippen LogP contribution in [0, 0.1) is 0 Å². The summed E-state index contributed by atoms with van der Waals surface area (Å²) < 4.78 is 0. The largest absolute Gasteiger partial charge is 0.364 e. The Morgan fingerprint density at radius 3 is 2.26 bits per heavy atom. The average Bonchev–Trinajstić information content (AvgIpc) is 2.54. The molecule has 2 amide bonds. The number of carbonyl (C=O) groups is 4. The number of nitrogens with zero attached hydrogens (tertiary/aromatic N) is 1. The van der Waals surface area contributed by atoms with E-state index in [1.54, 1.807) is 0 Å². The van der Waals surface area contributed by atoms with E-state index >= 15 is 0 Å². The van der Waals surface area contributed by atoms with Gasteiger partial charge in [-0.25, -0.2) is 10.5 Å². The van der Waals surface area contributed by atoms with Crippen LogP contribution in [-0.4, -0.2) is 33.6 Å². The van der Waals surface area contributed by atoms with E-state index in [-0.39, 0.29) is 41.2 Å². The minimum Gasteiger partial charge on any atom is -0.364 e. The van der Waals surface area contributed by atoms with E-state index in [2.05, 4.69) is 4.98 Å². The molecule has 23 heavy (non-hydrogen) atoms. The van der Waals surface area contributed by atoms with Crippen molar-refractivity contribution in [3.8, 4) is 0 Å². The molecule has 1 heterocycles. The molecule has 0 spiro atoms. The summed E-state index contributed by atoms with van der Waals surface area (Å²) in [5, 5.41) is 8.77. The first kappa shape index (κ1) is 16.8. The molecule has 1 aliphatic carbocycles. The van der Waals surface area contributed by atoms with Crippen LogP contribution in [0.25, 0.3) is 0 Å². The van der Waals surface area contributed by atoms with Gasteiger partial charge in [-0.3, -0.25) is 24.4 Å². The van der Waals surface area contributed by atoms with Gasteiger partial charge in [0.15, 0.2) is 11.6 Å². The Bertz CT molecular complexity index is 684. The Labute approximate surface area is 132 Å². The maximum Gasteiger partial charge on any atom is 0.277 e. The van der Waals surface area contributed by atoms with Crippen LogP contribution in [0.5, 0.6) is 0 Å². The van der Waals surface area contributed by atoms with Crippen molar-refractivity contribution in [2.45, 2.75) is 38.5 Å². The van der Waals surface area contributed by atoms with Gasteiger partial charge in [0, 0.05) is 18.4 Å². The number of aromatic nitrogens is 1. The van der Waals surface area contributed by atoms with Crippen molar-refractivity contribution >= 4 is 23.4 Å². The van der Waals surface area contributed by atoms with Crippen LogP contribution >= 0.6 is 0 Å². The fraction of sp³-hybridized carbons (Fsp3) is 0.400. The lowest BCUT2D eigenvalue weighted by Gasteiger charge is -2.13. The van der Waals surface area contributed by atoms with Crippen molar-refractivity contribution < 1.29 is 24.4 Å². The molecule has 1 aromatic heterocycles. The van der Waals surface area contributed by atoms with E-state index in [1.807, 2.05) is 0 Å². The maximum atomic E-state index is 12.3. The molecule has 0 aromatic carbocycles. The van der Waals surface area contributed by atoms with Crippen LogP contribution in [0.2, 0.25) is 0 Å². The number of carbonyl (C=O) groups excluding carboxylic acids is 4. The van der Waals surface area contributed by atoms with Gasteiger partial charge >= 0.3 is 0 Å². The number of hydroxylamine groups is 1. The number of rotatable bonds is 2. The van der Waals surface area contributed by atoms with Gasteiger partial charge in [-0.05, 0) is 18.9 Å². The third kappa shape index (κ3) is 3.59. The number of nitrogens with two attached hydrogens (primary N) is 1. The Balaban J connectivity index is 2.65. The van der Waals surface area contributed by atoms with Gasteiger partial charge in [-0.15, -0.1) is 0 Å². The predicted molar refractivity (Wildman–Crippen MR) is 78.4 cm³/mol. The molecule has 0 saturated carbocycles. The van der Waals surface area contributed by atoms with Crippen molar-refractivity contribution in [2.75, 3.05) is 0 Å². The molecule has 0 aliphatic heterocycles. The van der Waals surface area contributed by atoms with E-state index in [1.165, 1.54) is 5.48 Å². The van der Waals surface area contributed by atoms with Crippen LogP contribution in [0.15, 0.2) is 6.07 Å². The van der Waals surface area contributed by atoms with Gasteiger partial charge in [0.25, 0.3) is 11.8 Å². The average molecular weight is 319 g/mol. The van der Waals surface area contributed by atoms with Gasteiger partial charge in [-0.1, -0.05) is 12.8 Å². The zero-order chi connectivity index (χ0) is 17.0. The minimum atomic E-state index is -1.02. The van der Waals surface area contributed by atoms with E-state index in [0.29, 0.717) is 12.8 Å². The van der Waals surface area contributed by atoms with E-state index in [4.69, 9.17) is 10.9 Å². The second-order valence-corrected chi connectivity index (χ2v) is 5.35. The number of hydrogen-bond acceptors (Lipinski definition) is 6. The number of nitrogens with one attached hydrogen (secondary N) is 1. The van der Waals surface area contributed by atoms with Crippen molar-refractivity contribution in [2.24, 2.45) is 5.73 Å². The topological polar surface area (TPSA) is 139 Å². The highest BCUT2D eigenvalue weighted by molar-refractivity contribution is 6.12. The fourth-order valence-corrected chi connectivity index (χ4v) is 2.54. The van der Waals surface area contributed by atoms with Crippen molar-refractivity contribution in [3.63, 3.8) is 0 Å². The maximum absolute atomic E-state index is 12.3. The third-order valence-corrected chi connectivity index (χ3v) is 3.72. The smallest absolute Gasteiger partial charge is 0.277 e. The summed E-state index contributed by atoms with van der Waals surface area (Å²) in [5.74, 6) is -2.74. The molecule has 0 bridgehead atoms. The van der Waals surface area contributed by atoms with Gasteiger partial charge in [0.05, 0.1) is 5.56 Å². The first-order valence-electron chi connectivity index (χ1n) is 7.31. The van der Waals surface area contributed by atoms with Crippen molar-refractivity contribution in [1.29, 1.82) is 0 Å². The quantitative estimate of drug-likeness (QED) is 0.549. The molecular formula is C15H17N3O5. The number of pyridine rings is 1. The normalized spacial score (nSPS) is 15.7. The molecule has 0 atom stereocenters. The van der Waals surface area contributed by atoms with Crippen LogP contribution in [-0.2, 0) is 0 Å². The van der Waals surface area contributed by atoms with Crippen LogP contribution < -0.4 is 11.2 Å². The van der Waals surface area contributed by atoms with E-state index in [0.717, 1.165) is 18.9 Å². The van der Waals surface area contributed by atoms with Gasteiger partial charge < -0.3 is 5.73 Å². The van der Waals surface area contributed by atoms with Crippen molar-refractivity contribution in [1.82, 2.24) is 10.5 Å². The van der Waals surface area contributed by atoms with Crippen molar-refractivity contribution in [3.05, 3.63) is 28.6 Å². The number of Topliss-reactive ketones (excluding diaryl/α,β-unsaturated/α-hetero) is 2. The van der Waals surface area contributed by atoms with Gasteiger partial charge in [0.2, 0.25) is 0 Å². The zero-order valence-corrected chi connectivity index (χ0v) is 12.4. The molecule has 2 rings (SSSR count). The second kappa shape index (κ2) is 7.10. The summed E-state index contributed by atoms with van der Waals surface area (Å²) in [4.78, 5) is 51.6. The highest BCUT2D eigenvalue weighted by Crippen LogP contribution is 2.21. The molecule has 1 aromatic rings. The first-order valence-corrected chi connectivity index (χ1v) is 7.31. The monoisotopic (exact) mass is 319 g/mol. The van der Waals surface area contributed by atoms with Crippen LogP contribution in [0.3, 0.4) is 0 Å². The molecule has 0 unspecified atom stereocenters. The first-order chi connectivity index (χ1) is 11.0. The molecular weight excluding hydrogens is 302 g/mol. The third-order valence-electron chi connectivity index (χ3n) is 3.72. The molecule has 8 heteroatoms. The summed E-state index contributed by atoms with van der Waals surface area (Å²) in [5.41, 5.74) is 5.62. The number of hydrogen-bond donors (Lipinski definition) is 3. The Morgan fingerprint density at radius 2 is 1.70 bits per heavy atom. The molecule has 122 valence electrons. The van der Waals surface area contributed by atoms with Crippen LogP contribution in [0.1, 0.15) is 80.2 Å². The summed E-state index contributed by atoms with van der Waals surface area (Å²) in [6.45, 7) is 0. The lowest BCUT2D eigenvalue weighted by molar-refractivity contribution is 0.0701. The number of ketones is 2. The standard InChI is InChI=1S/C15H17N3O5/c16-14(21)13-9(15(22)18-23)7-8-10(19)5-3-1-2-4-6-11(20)12(8)17-13/h7,23H,1-6H2,(H2,16,21)(H,18,22). The van der Waals surface area contributed by atoms with E-state index < -0.39 is 17.5 Å². The Hall–Kier alpha value is -2.61. The van der Waals surface area contributed by atoms with Gasteiger partial charge in [0.1, 0.15) is 11.4 Å². The number of primary amides is 1. The molecule has 0 radical (unpaired) electrons. The summed E-state index contributed by atoms with van der Waals surface area (Å²) in [6, 6.07) is 1.11. The van der Waals surface area contributed by atoms with Crippen LogP contribution in [0.4, 0.5) is 0 Å². The minimum absolute atomic E-state index is 0.0134. The number of fused-ring (bicyclic) bond motifs is 1. The molecule has 0 fully saturated rings. The SMILES string of the molecule is NC(=O)c1nc2c(cc1C(=O)NO)C(=O)CCCCCCC2=O. The second-order valence-electron chi connectivity index (χ2n) is 5.35. The molecule has 4 N–H and O–H groups in total. The fourth-order valence-electron chi connectivity index (χ4n) is 2.54. The Kier molecular flexibility index (Phi) is 5.17. The predicted octanol–water partition coefficient (Wildman–Crippen LogP) is 1.02. The summed E-state index contributed by atoms with van der Waals surface area (Å²) in [7, 11) is 0. The Morgan fingerprint density at radius 1 is 1.09 bits per heavy atom. The number of amides is 2. The zero-order valence-electron chi connectivity index (χ0n) is 12.4. The highest BCUT2D eigenvalue weighted by Gasteiger charge is 2.26. The molecule has 1 aliphatic rings. The molecule has 8 nitrogen and oxygen atoms in total. The molecule has 0 saturated heterocycles. The lowest BCUT2D eigenvalue weighted by Crippen LogP contribution is -2.28. The highest BCUT2D eigenvalue weighted by atomic mass is 16.5. The summed E-state index contributed by atoms with van der Waals surface area (Å²) in [6.07, 6.45) is 3.44. The van der Waals surface area contributed by atoms with E-state index in [9.17, 15) is 19.2 Å². The summed E-state index contributed by atoms with van der Waals surface area (Å²) >= 11 is 0.